The Balaban J connectivity index is 2.06. The van der Waals surface area contributed by atoms with Gasteiger partial charge in [-0.3, -0.25) is 0 Å². The standard InChI is InChI=1S/C13H13ClN2O2/c1-8-2-3-9(6-8)15-16-10-4-5-12(14)11(7-10)13(17)18/h3-7,15-16H,2H2,1H3,(H,17,18)/p-1. The lowest BCUT2D eigenvalue weighted by Gasteiger charge is -2.12. The second kappa shape index (κ2) is 5.14. The van der Waals surface area contributed by atoms with Crippen LogP contribution < -0.4 is 16.0 Å². The summed E-state index contributed by atoms with van der Waals surface area (Å²) in [7, 11) is 0. The number of rotatable bonds is 4. The summed E-state index contributed by atoms with van der Waals surface area (Å²) in [6.45, 7) is 2.04. The van der Waals surface area contributed by atoms with Crippen molar-refractivity contribution in [2.45, 2.75) is 13.3 Å². The molecule has 0 amide bonds. The van der Waals surface area contributed by atoms with Crippen molar-refractivity contribution in [1.29, 1.82) is 0 Å². The molecule has 0 aromatic heterocycles. The molecule has 0 aliphatic heterocycles. The van der Waals surface area contributed by atoms with E-state index in [4.69, 9.17) is 11.6 Å². The van der Waals surface area contributed by atoms with Crippen molar-refractivity contribution in [1.82, 2.24) is 5.43 Å². The van der Waals surface area contributed by atoms with E-state index in [2.05, 4.69) is 10.9 Å². The van der Waals surface area contributed by atoms with Gasteiger partial charge in [-0.25, -0.2) is 0 Å². The van der Waals surface area contributed by atoms with E-state index in [1.54, 1.807) is 6.07 Å². The van der Waals surface area contributed by atoms with Crippen LogP contribution in [0.15, 0.2) is 41.6 Å². The average Bonchev–Trinajstić information content (AvgIpc) is 2.74. The van der Waals surface area contributed by atoms with E-state index in [0.717, 1.165) is 12.1 Å². The Morgan fingerprint density at radius 2 is 2.17 bits per heavy atom. The minimum absolute atomic E-state index is 0.0319. The van der Waals surface area contributed by atoms with Gasteiger partial charge in [0.05, 0.1) is 17.4 Å². The van der Waals surface area contributed by atoms with E-state index in [-0.39, 0.29) is 10.6 Å². The summed E-state index contributed by atoms with van der Waals surface area (Å²) >= 11 is 5.75. The van der Waals surface area contributed by atoms with E-state index in [0.29, 0.717) is 5.69 Å². The Bertz CT molecular complexity index is 550. The molecule has 1 aromatic rings. The maximum absolute atomic E-state index is 10.8. The Hall–Kier alpha value is -1.94. The molecule has 2 N–H and O–H groups in total. The maximum atomic E-state index is 10.8. The van der Waals surface area contributed by atoms with Gasteiger partial charge in [-0.2, -0.15) is 0 Å². The van der Waals surface area contributed by atoms with Crippen LogP contribution in [0.1, 0.15) is 23.7 Å². The van der Waals surface area contributed by atoms with Crippen molar-refractivity contribution >= 4 is 23.3 Å². The molecule has 0 saturated heterocycles. The molecule has 1 aliphatic rings. The molecule has 0 fully saturated rings. The second-order valence-electron chi connectivity index (χ2n) is 4.09. The van der Waals surface area contributed by atoms with E-state index >= 15 is 0 Å². The van der Waals surface area contributed by atoms with Crippen LogP contribution in [-0.4, -0.2) is 5.97 Å². The molecule has 0 radical (unpaired) electrons. The van der Waals surface area contributed by atoms with Gasteiger partial charge in [-0.15, -0.1) is 0 Å². The maximum Gasteiger partial charge on any atom is 0.0731 e. The Labute approximate surface area is 110 Å². The van der Waals surface area contributed by atoms with Gasteiger partial charge in [0.15, 0.2) is 0 Å². The number of nitrogens with one attached hydrogen (secondary N) is 2. The van der Waals surface area contributed by atoms with Gasteiger partial charge in [-0.05, 0) is 37.6 Å². The minimum atomic E-state index is -1.29. The van der Waals surface area contributed by atoms with Crippen molar-refractivity contribution in [3.05, 3.63) is 52.2 Å². The summed E-state index contributed by atoms with van der Waals surface area (Å²) in [5.74, 6) is -1.29. The number of carbonyl (C=O) groups excluding carboxylic acids is 1. The number of carbonyl (C=O) groups is 1. The fraction of sp³-hybridized carbons (Fsp3) is 0.154. The lowest BCUT2D eigenvalue weighted by atomic mass is 10.2. The van der Waals surface area contributed by atoms with Crippen LogP contribution in [0.25, 0.3) is 0 Å². The van der Waals surface area contributed by atoms with Crippen LogP contribution in [0.4, 0.5) is 5.69 Å². The number of hydrazine groups is 1. The fourth-order valence-electron chi connectivity index (χ4n) is 1.65. The van der Waals surface area contributed by atoms with Crippen LogP contribution in [0.5, 0.6) is 0 Å². The first-order valence-electron chi connectivity index (χ1n) is 5.46. The predicted molar refractivity (Wildman–Crippen MR) is 69.0 cm³/mol. The smallest absolute Gasteiger partial charge is 0.0731 e. The molecule has 0 bridgehead atoms. The average molecular weight is 264 g/mol. The van der Waals surface area contributed by atoms with Gasteiger partial charge in [-0.1, -0.05) is 23.3 Å². The molecule has 2 rings (SSSR count). The van der Waals surface area contributed by atoms with E-state index in [9.17, 15) is 9.90 Å². The molecule has 4 nitrogen and oxygen atoms in total. The van der Waals surface area contributed by atoms with E-state index in [1.807, 2.05) is 19.1 Å². The lowest BCUT2D eigenvalue weighted by Crippen LogP contribution is -2.24. The molecule has 1 aromatic carbocycles. The number of aromatic carboxylic acids is 1. The van der Waals surface area contributed by atoms with Gasteiger partial charge >= 0.3 is 0 Å². The van der Waals surface area contributed by atoms with Crippen LogP contribution in [-0.2, 0) is 0 Å². The zero-order chi connectivity index (χ0) is 13.1. The molecule has 94 valence electrons. The monoisotopic (exact) mass is 263 g/mol. The number of benzene rings is 1. The van der Waals surface area contributed by atoms with Crippen LogP contribution in [0.2, 0.25) is 5.02 Å². The van der Waals surface area contributed by atoms with Crippen molar-refractivity contribution < 1.29 is 9.90 Å². The third-order valence-electron chi connectivity index (χ3n) is 2.58. The molecular formula is C13H12ClN2O2-. The summed E-state index contributed by atoms with van der Waals surface area (Å²) in [5.41, 5.74) is 8.71. The zero-order valence-electron chi connectivity index (χ0n) is 9.79. The zero-order valence-corrected chi connectivity index (χ0v) is 10.5. The van der Waals surface area contributed by atoms with Gasteiger partial charge in [0, 0.05) is 10.6 Å². The topological polar surface area (TPSA) is 64.2 Å². The number of allylic oxidation sites excluding steroid dienone is 3. The SMILES string of the molecule is CC1=CC(NNc2ccc(Cl)c(C(=O)[O-])c2)=CC1. The van der Waals surface area contributed by atoms with Crippen LogP contribution >= 0.6 is 11.6 Å². The Morgan fingerprint density at radius 3 is 2.78 bits per heavy atom. The number of anilines is 1. The number of carboxylic acids is 1. The van der Waals surface area contributed by atoms with E-state index in [1.165, 1.54) is 17.7 Å². The van der Waals surface area contributed by atoms with E-state index < -0.39 is 5.97 Å². The van der Waals surface area contributed by atoms with Crippen LogP contribution in [0, 0.1) is 0 Å². The summed E-state index contributed by atoms with van der Waals surface area (Å²) in [5, 5.41) is 11.0. The normalized spacial score (nSPS) is 13.9. The van der Waals surface area contributed by atoms with Gasteiger partial charge in [0.1, 0.15) is 0 Å². The lowest BCUT2D eigenvalue weighted by molar-refractivity contribution is -0.255. The predicted octanol–water partition coefficient (Wildman–Crippen LogP) is 1.85. The fourth-order valence-corrected chi connectivity index (χ4v) is 1.84. The first-order chi connectivity index (χ1) is 8.56. The van der Waals surface area contributed by atoms with Crippen molar-refractivity contribution in [3.63, 3.8) is 0 Å². The molecule has 0 saturated carbocycles. The van der Waals surface area contributed by atoms with Crippen molar-refractivity contribution in [2.75, 3.05) is 5.43 Å². The minimum Gasteiger partial charge on any atom is -0.545 e. The molecular weight excluding hydrogens is 252 g/mol. The second-order valence-corrected chi connectivity index (χ2v) is 4.49. The van der Waals surface area contributed by atoms with Gasteiger partial charge < -0.3 is 20.8 Å². The number of hydrogen-bond donors (Lipinski definition) is 2. The Morgan fingerprint density at radius 1 is 1.39 bits per heavy atom. The highest BCUT2D eigenvalue weighted by Crippen LogP contribution is 2.20. The van der Waals surface area contributed by atoms with Gasteiger partial charge in [0.25, 0.3) is 0 Å². The summed E-state index contributed by atoms with van der Waals surface area (Å²) in [6.07, 6.45) is 4.98. The highest BCUT2D eigenvalue weighted by Gasteiger charge is 2.04. The Kier molecular flexibility index (Phi) is 3.58. The van der Waals surface area contributed by atoms with Crippen LogP contribution in [0.3, 0.4) is 0 Å². The molecule has 0 unspecified atom stereocenters. The van der Waals surface area contributed by atoms with Crippen molar-refractivity contribution in [3.8, 4) is 0 Å². The first-order valence-corrected chi connectivity index (χ1v) is 5.84. The molecule has 18 heavy (non-hydrogen) atoms. The van der Waals surface area contributed by atoms with Gasteiger partial charge in [0.2, 0.25) is 0 Å². The molecule has 0 atom stereocenters. The third-order valence-corrected chi connectivity index (χ3v) is 2.91. The quantitative estimate of drug-likeness (QED) is 0.814. The largest absolute Gasteiger partial charge is 0.545 e. The highest BCUT2D eigenvalue weighted by molar-refractivity contribution is 6.33. The first kappa shape index (κ1) is 12.5. The number of carboxylic acid groups (broad SMARTS) is 1. The summed E-state index contributed by atoms with van der Waals surface area (Å²) < 4.78 is 0. The molecule has 0 heterocycles. The summed E-state index contributed by atoms with van der Waals surface area (Å²) in [4.78, 5) is 10.8. The molecule has 1 aliphatic carbocycles. The van der Waals surface area contributed by atoms with Crippen molar-refractivity contribution in [2.24, 2.45) is 0 Å². The highest BCUT2D eigenvalue weighted by atomic mass is 35.5. The molecule has 0 spiro atoms. The summed E-state index contributed by atoms with van der Waals surface area (Å²) in [6, 6.07) is 4.63. The number of halogens is 1. The number of hydrogen-bond acceptors (Lipinski definition) is 4. The molecule has 5 heteroatoms. The third kappa shape index (κ3) is 2.84.